The van der Waals surface area contributed by atoms with Gasteiger partial charge in [0.2, 0.25) is 5.95 Å². The number of benzene rings is 1. The van der Waals surface area contributed by atoms with Crippen LogP contribution in [0.4, 0.5) is 8.78 Å². The molecule has 7 heteroatoms. The van der Waals surface area contributed by atoms with E-state index in [0.717, 1.165) is 5.56 Å². The molecule has 1 aromatic carbocycles. The van der Waals surface area contributed by atoms with Crippen LogP contribution in [-0.4, -0.2) is 28.6 Å². The number of pyridine rings is 1. The molecular formula is C19H19F2N3OS. The topological polar surface area (TPSA) is 60.5 Å². The lowest BCUT2D eigenvalue weighted by Gasteiger charge is -2.35. The Morgan fingerprint density at radius 1 is 1.31 bits per heavy atom. The zero-order valence-electron chi connectivity index (χ0n) is 14.5. The minimum absolute atomic E-state index is 0.00466. The first-order chi connectivity index (χ1) is 12.4. The number of aromatic nitrogens is 1. The molecule has 3 atom stereocenters. The third kappa shape index (κ3) is 2.70. The van der Waals surface area contributed by atoms with E-state index in [9.17, 15) is 8.78 Å². The van der Waals surface area contributed by atoms with Crippen LogP contribution in [0.2, 0.25) is 0 Å². The normalized spacial score (nSPS) is 27.9. The number of fused-ring (bicyclic) bond motifs is 1. The van der Waals surface area contributed by atoms with Crippen molar-refractivity contribution in [2.45, 2.75) is 25.5 Å². The van der Waals surface area contributed by atoms with Crippen LogP contribution in [0.1, 0.15) is 18.1 Å². The van der Waals surface area contributed by atoms with E-state index in [1.54, 1.807) is 18.2 Å². The molecular weight excluding hydrogens is 356 g/mol. The molecule has 0 radical (unpaired) electrons. The predicted octanol–water partition coefficient (Wildman–Crippen LogP) is 3.63. The van der Waals surface area contributed by atoms with Crippen molar-refractivity contribution in [2.75, 3.05) is 12.4 Å². The standard InChI is InChI=1S/C19H19F2N3OS/c1-10-5-13(17(21)23-7-10)12-3-4-16(20)14(6-12)19-9-25-11(2)15(19)8-26-18(22)24-19/h3-7,11,15H,8-9H2,1-2H3,(H2,22,24)/t11-,15-,19-/m1/s1. The van der Waals surface area contributed by atoms with Crippen LogP contribution in [0.15, 0.2) is 35.5 Å². The minimum atomic E-state index is -0.872. The van der Waals surface area contributed by atoms with E-state index in [1.807, 2.05) is 13.8 Å². The molecule has 2 aromatic rings. The van der Waals surface area contributed by atoms with Crippen molar-refractivity contribution < 1.29 is 13.5 Å². The van der Waals surface area contributed by atoms with Crippen molar-refractivity contribution in [2.24, 2.45) is 16.6 Å². The molecule has 0 spiro atoms. The lowest BCUT2D eigenvalue weighted by atomic mass is 9.78. The highest BCUT2D eigenvalue weighted by Gasteiger charge is 2.52. The van der Waals surface area contributed by atoms with Gasteiger partial charge in [0.15, 0.2) is 5.17 Å². The van der Waals surface area contributed by atoms with Gasteiger partial charge in [-0.15, -0.1) is 0 Å². The van der Waals surface area contributed by atoms with Gasteiger partial charge in [-0.2, -0.15) is 4.39 Å². The van der Waals surface area contributed by atoms with E-state index in [1.165, 1.54) is 24.0 Å². The summed E-state index contributed by atoms with van der Waals surface area (Å²) in [4.78, 5) is 8.39. The summed E-state index contributed by atoms with van der Waals surface area (Å²) in [7, 11) is 0. The Labute approximate surface area is 154 Å². The smallest absolute Gasteiger partial charge is 0.220 e. The van der Waals surface area contributed by atoms with Crippen molar-refractivity contribution in [3.8, 4) is 11.1 Å². The van der Waals surface area contributed by atoms with Gasteiger partial charge in [-0.3, -0.25) is 0 Å². The van der Waals surface area contributed by atoms with Gasteiger partial charge in [0.05, 0.1) is 12.7 Å². The first-order valence-electron chi connectivity index (χ1n) is 8.43. The second-order valence-electron chi connectivity index (χ2n) is 6.85. The fourth-order valence-electron chi connectivity index (χ4n) is 3.78. The summed E-state index contributed by atoms with van der Waals surface area (Å²) in [6.07, 6.45) is 1.41. The minimum Gasteiger partial charge on any atom is -0.379 e. The number of amidine groups is 1. The quantitative estimate of drug-likeness (QED) is 0.815. The van der Waals surface area contributed by atoms with Gasteiger partial charge in [-0.1, -0.05) is 17.8 Å². The summed E-state index contributed by atoms with van der Waals surface area (Å²) in [5, 5.41) is 0.423. The molecule has 0 unspecified atom stereocenters. The monoisotopic (exact) mass is 375 g/mol. The molecule has 1 fully saturated rings. The van der Waals surface area contributed by atoms with Gasteiger partial charge in [-0.05, 0) is 43.2 Å². The number of hydrogen-bond donors (Lipinski definition) is 1. The van der Waals surface area contributed by atoms with Crippen LogP contribution in [-0.2, 0) is 10.3 Å². The van der Waals surface area contributed by atoms with Gasteiger partial charge in [0.25, 0.3) is 0 Å². The Morgan fingerprint density at radius 2 is 2.12 bits per heavy atom. The van der Waals surface area contributed by atoms with E-state index in [2.05, 4.69) is 9.98 Å². The maximum Gasteiger partial charge on any atom is 0.220 e. The van der Waals surface area contributed by atoms with Crippen LogP contribution in [0, 0.1) is 24.6 Å². The molecule has 26 heavy (non-hydrogen) atoms. The summed E-state index contributed by atoms with van der Waals surface area (Å²) < 4.78 is 34.9. The highest BCUT2D eigenvalue weighted by atomic mass is 32.2. The highest BCUT2D eigenvalue weighted by molar-refractivity contribution is 8.13. The molecule has 0 bridgehead atoms. The number of halogens is 2. The maximum atomic E-state index is 14.9. The summed E-state index contributed by atoms with van der Waals surface area (Å²) in [5.41, 5.74) is 7.23. The fraction of sp³-hybridized carbons (Fsp3) is 0.368. The number of nitrogens with zero attached hydrogens (tertiary/aromatic N) is 2. The predicted molar refractivity (Wildman–Crippen MR) is 99.0 cm³/mol. The molecule has 2 aliphatic heterocycles. The SMILES string of the molecule is Cc1cnc(F)c(-c2ccc(F)c([C@]34CO[C@H](C)[C@H]3CSC(N)=N4)c2)c1. The summed E-state index contributed by atoms with van der Waals surface area (Å²) in [5.74, 6) is -0.257. The number of rotatable bonds is 2. The molecule has 136 valence electrons. The molecule has 0 saturated carbocycles. The van der Waals surface area contributed by atoms with Gasteiger partial charge in [0, 0.05) is 29.0 Å². The number of nitrogens with two attached hydrogens (primary N) is 1. The van der Waals surface area contributed by atoms with Crippen molar-refractivity contribution in [3.05, 3.63) is 53.4 Å². The Morgan fingerprint density at radius 3 is 2.92 bits per heavy atom. The van der Waals surface area contributed by atoms with E-state index >= 15 is 0 Å². The molecule has 0 aliphatic carbocycles. The molecule has 1 saturated heterocycles. The largest absolute Gasteiger partial charge is 0.379 e. The molecule has 0 amide bonds. The number of aryl methyl sites for hydroxylation is 1. The van der Waals surface area contributed by atoms with Crippen LogP contribution in [0.5, 0.6) is 0 Å². The number of hydrogen-bond acceptors (Lipinski definition) is 5. The second-order valence-corrected chi connectivity index (χ2v) is 7.89. The number of thioether (sulfide) groups is 1. The van der Waals surface area contributed by atoms with Crippen molar-refractivity contribution in [1.82, 2.24) is 4.98 Å². The number of aliphatic imine (C=N–C) groups is 1. The van der Waals surface area contributed by atoms with E-state index < -0.39 is 11.5 Å². The summed E-state index contributed by atoms with van der Waals surface area (Å²) >= 11 is 1.46. The average Bonchev–Trinajstić information content (AvgIpc) is 2.94. The zero-order chi connectivity index (χ0) is 18.5. The van der Waals surface area contributed by atoms with E-state index in [0.29, 0.717) is 27.6 Å². The molecule has 4 rings (SSSR count). The van der Waals surface area contributed by atoms with Crippen LogP contribution in [0.3, 0.4) is 0 Å². The van der Waals surface area contributed by atoms with Crippen molar-refractivity contribution >= 4 is 16.9 Å². The van der Waals surface area contributed by atoms with Crippen LogP contribution < -0.4 is 5.73 Å². The number of ether oxygens (including phenoxy) is 1. The molecule has 1 aromatic heterocycles. The lowest BCUT2D eigenvalue weighted by molar-refractivity contribution is 0.107. The van der Waals surface area contributed by atoms with E-state index in [4.69, 9.17) is 10.5 Å². The molecule has 2 aliphatic rings. The van der Waals surface area contributed by atoms with Gasteiger partial charge in [0.1, 0.15) is 11.4 Å². The first-order valence-corrected chi connectivity index (χ1v) is 9.41. The molecule has 2 N–H and O–H groups in total. The Balaban J connectivity index is 1.89. The molecule has 4 nitrogen and oxygen atoms in total. The van der Waals surface area contributed by atoms with Crippen LogP contribution >= 0.6 is 11.8 Å². The van der Waals surface area contributed by atoms with Gasteiger partial charge in [-0.25, -0.2) is 14.4 Å². The van der Waals surface area contributed by atoms with E-state index in [-0.39, 0.29) is 24.4 Å². The summed E-state index contributed by atoms with van der Waals surface area (Å²) in [6.45, 7) is 4.07. The second kappa shape index (κ2) is 6.32. The zero-order valence-corrected chi connectivity index (χ0v) is 15.3. The Bertz CT molecular complexity index is 904. The maximum absolute atomic E-state index is 14.9. The molecule has 3 heterocycles. The van der Waals surface area contributed by atoms with Crippen LogP contribution in [0.25, 0.3) is 11.1 Å². The third-order valence-corrected chi connectivity index (χ3v) is 6.10. The highest BCUT2D eigenvalue weighted by Crippen LogP contribution is 2.48. The summed E-state index contributed by atoms with van der Waals surface area (Å²) in [6, 6.07) is 6.29. The Hall–Kier alpha value is -1.99. The fourth-order valence-corrected chi connectivity index (χ4v) is 4.90. The van der Waals surface area contributed by atoms with Crippen molar-refractivity contribution in [3.63, 3.8) is 0 Å². The Kier molecular flexibility index (Phi) is 4.23. The lowest BCUT2D eigenvalue weighted by Crippen LogP contribution is -2.41. The first kappa shape index (κ1) is 17.4. The average molecular weight is 375 g/mol. The van der Waals surface area contributed by atoms with Gasteiger partial charge < -0.3 is 10.5 Å². The van der Waals surface area contributed by atoms with Crippen molar-refractivity contribution in [1.29, 1.82) is 0 Å². The third-order valence-electron chi connectivity index (χ3n) is 5.19. The van der Waals surface area contributed by atoms with Gasteiger partial charge >= 0.3 is 0 Å².